The van der Waals surface area contributed by atoms with Crippen molar-refractivity contribution in [3.05, 3.63) is 35.4 Å². The molecule has 1 heterocycles. The molecule has 0 saturated heterocycles. The third-order valence-electron chi connectivity index (χ3n) is 4.18. The molecule has 1 aliphatic rings. The van der Waals surface area contributed by atoms with E-state index in [0.29, 0.717) is 6.54 Å². The number of esters is 1. The molecule has 0 aliphatic carbocycles. The van der Waals surface area contributed by atoms with Crippen LogP contribution in [0.5, 0.6) is 0 Å². The topological polar surface area (TPSA) is 92.8 Å². The second-order valence-electron chi connectivity index (χ2n) is 6.16. The highest BCUT2D eigenvalue weighted by molar-refractivity contribution is 7.98. The SMILES string of the molecule is CCCCCNC(=O)COC(=O)[C@@H](CSC)N1C(=O)c2ccccc2C1=O. The van der Waals surface area contributed by atoms with Crippen molar-refractivity contribution in [2.45, 2.75) is 32.2 Å². The van der Waals surface area contributed by atoms with Gasteiger partial charge in [0, 0.05) is 12.3 Å². The van der Waals surface area contributed by atoms with Gasteiger partial charge in [-0.15, -0.1) is 0 Å². The molecule has 1 aromatic carbocycles. The number of rotatable bonds is 10. The lowest BCUT2D eigenvalue weighted by atomic mass is 10.1. The number of unbranched alkanes of at least 4 members (excludes halogenated alkanes) is 2. The molecule has 7 nitrogen and oxygen atoms in total. The summed E-state index contributed by atoms with van der Waals surface area (Å²) in [6.45, 7) is 2.16. The zero-order valence-corrected chi connectivity index (χ0v) is 16.3. The number of imide groups is 1. The predicted octanol–water partition coefficient (Wildman–Crippen LogP) is 1.86. The van der Waals surface area contributed by atoms with E-state index in [2.05, 4.69) is 12.2 Å². The Balaban J connectivity index is 1.99. The Morgan fingerprint density at radius 1 is 1.15 bits per heavy atom. The molecule has 0 unspecified atom stereocenters. The van der Waals surface area contributed by atoms with Crippen molar-refractivity contribution in [2.24, 2.45) is 0 Å². The van der Waals surface area contributed by atoms with Crippen LogP contribution >= 0.6 is 11.8 Å². The Bertz CT molecular complexity index is 687. The lowest BCUT2D eigenvalue weighted by molar-refractivity contribution is -0.151. The Labute approximate surface area is 162 Å². The number of benzene rings is 1. The summed E-state index contributed by atoms with van der Waals surface area (Å²) >= 11 is 1.31. The highest BCUT2D eigenvalue weighted by Gasteiger charge is 2.43. The molecular formula is C19H24N2O5S. The Morgan fingerprint density at radius 3 is 2.33 bits per heavy atom. The minimum Gasteiger partial charge on any atom is -0.454 e. The number of carbonyl (C=O) groups is 4. The van der Waals surface area contributed by atoms with Crippen LogP contribution in [0.25, 0.3) is 0 Å². The van der Waals surface area contributed by atoms with E-state index in [0.717, 1.165) is 24.2 Å². The standard InChI is InChI=1S/C19H24N2O5S/c1-3-4-7-10-20-16(22)11-26-19(25)15(12-27-2)21-17(23)13-8-5-6-9-14(13)18(21)24/h5-6,8-9,15H,3-4,7,10-12H2,1-2H3,(H,20,22)/t15-/m1/s1. The molecule has 146 valence electrons. The fourth-order valence-corrected chi connectivity index (χ4v) is 3.38. The first kappa shape index (κ1) is 21.0. The van der Waals surface area contributed by atoms with E-state index >= 15 is 0 Å². The van der Waals surface area contributed by atoms with Crippen LogP contribution in [0.4, 0.5) is 0 Å². The second kappa shape index (κ2) is 10.1. The summed E-state index contributed by atoms with van der Waals surface area (Å²) < 4.78 is 5.07. The summed E-state index contributed by atoms with van der Waals surface area (Å²) in [6.07, 6.45) is 4.68. The molecule has 0 fully saturated rings. The minimum absolute atomic E-state index is 0.197. The van der Waals surface area contributed by atoms with E-state index in [1.807, 2.05) is 0 Å². The van der Waals surface area contributed by atoms with Gasteiger partial charge in [0.25, 0.3) is 17.7 Å². The maximum Gasteiger partial charge on any atom is 0.330 e. The van der Waals surface area contributed by atoms with Crippen molar-refractivity contribution in [1.29, 1.82) is 0 Å². The monoisotopic (exact) mass is 392 g/mol. The van der Waals surface area contributed by atoms with E-state index in [1.165, 1.54) is 11.8 Å². The van der Waals surface area contributed by atoms with E-state index in [4.69, 9.17) is 4.74 Å². The molecule has 0 spiro atoms. The first-order chi connectivity index (χ1) is 13.0. The van der Waals surface area contributed by atoms with Crippen LogP contribution in [0.1, 0.15) is 46.9 Å². The van der Waals surface area contributed by atoms with Crippen LogP contribution in [-0.2, 0) is 14.3 Å². The summed E-state index contributed by atoms with van der Waals surface area (Å²) in [5, 5.41) is 2.68. The van der Waals surface area contributed by atoms with E-state index < -0.39 is 36.3 Å². The number of nitrogens with one attached hydrogen (secondary N) is 1. The average Bonchev–Trinajstić information content (AvgIpc) is 2.92. The van der Waals surface area contributed by atoms with Crippen molar-refractivity contribution in [3.8, 4) is 0 Å². The number of hydrogen-bond acceptors (Lipinski definition) is 6. The number of amides is 3. The van der Waals surface area contributed by atoms with Gasteiger partial charge in [0.2, 0.25) is 0 Å². The number of nitrogens with zero attached hydrogens (tertiary/aromatic N) is 1. The molecular weight excluding hydrogens is 368 g/mol. The first-order valence-electron chi connectivity index (χ1n) is 8.90. The number of ether oxygens (including phenoxy) is 1. The fraction of sp³-hybridized carbons (Fsp3) is 0.474. The highest BCUT2D eigenvalue weighted by Crippen LogP contribution is 2.26. The van der Waals surface area contributed by atoms with Gasteiger partial charge in [-0.05, 0) is 24.8 Å². The van der Waals surface area contributed by atoms with Gasteiger partial charge in [-0.25, -0.2) is 4.79 Å². The molecule has 0 radical (unpaired) electrons. The molecule has 1 N–H and O–H groups in total. The third kappa shape index (κ3) is 5.09. The van der Waals surface area contributed by atoms with Crippen LogP contribution in [0.2, 0.25) is 0 Å². The molecule has 0 bridgehead atoms. The fourth-order valence-electron chi connectivity index (χ4n) is 2.78. The summed E-state index contributed by atoms with van der Waals surface area (Å²) in [7, 11) is 0. The number of thioether (sulfide) groups is 1. The van der Waals surface area contributed by atoms with Gasteiger partial charge in [0.05, 0.1) is 11.1 Å². The lowest BCUT2D eigenvalue weighted by Gasteiger charge is -2.23. The van der Waals surface area contributed by atoms with Gasteiger partial charge in [-0.1, -0.05) is 31.9 Å². The molecule has 0 saturated carbocycles. The zero-order chi connectivity index (χ0) is 19.8. The third-order valence-corrected chi connectivity index (χ3v) is 4.83. The first-order valence-corrected chi connectivity index (χ1v) is 10.3. The van der Waals surface area contributed by atoms with Gasteiger partial charge in [-0.2, -0.15) is 11.8 Å². The van der Waals surface area contributed by atoms with Crippen molar-refractivity contribution in [1.82, 2.24) is 10.2 Å². The zero-order valence-electron chi connectivity index (χ0n) is 15.5. The number of fused-ring (bicyclic) bond motifs is 1. The average molecular weight is 392 g/mol. The molecule has 0 aromatic heterocycles. The molecule has 3 amide bonds. The molecule has 1 aliphatic heterocycles. The molecule has 8 heteroatoms. The summed E-state index contributed by atoms with van der Waals surface area (Å²) in [4.78, 5) is 50.3. The Kier molecular flexibility index (Phi) is 7.84. The quantitative estimate of drug-likeness (QED) is 0.371. The van der Waals surface area contributed by atoms with E-state index in [9.17, 15) is 19.2 Å². The summed E-state index contributed by atoms with van der Waals surface area (Å²) in [5.74, 6) is -2.00. The van der Waals surface area contributed by atoms with Gasteiger partial charge < -0.3 is 10.1 Å². The van der Waals surface area contributed by atoms with Crippen LogP contribution < -0.4 is 5.32 Å². The highest BCUT2D eigenvalue weighted by atomic mass is 32.2. The Hall–Kier alpha value is -2.35. The largest absolute Gasteiger partial charge is 0.454 e. The van der Waals surface area contributed by atoms with Crippen LogP contribution in [-0.4, -0.2) is 59.8 Å². The second-order valence-corrected chi connectivity index (χ2v) is 7.07. The summed E-state index contributed by atoms with van der Waals surface area (Å²) in [5.41, 5.74) is 0.546. The van der Waals surface area contributed by atoms with Gasteiger partial charge in [0.1, 0.15) is 6.04 Å². The van der Waals surface area contributed by atoms with Crippen molar-refractivity contribution in [3.63, 3.8) is 0 Å². The maximum atomic E-state index is 12.6. The molecule has 2 rings (SSSR count). The van der Waals surface area contributed by atoms with Crippen LogP contribution in [0.15, 0.2) is 24.3 Å². The molecule has 27 heavy (non-hydrogen) atoms. The van der Waals surface area contributed by atoms with Gasteiger partial charge in [-0.3, -0.25) is 19.3 Å². The lowest BCUT2D eigenvalue weighted by Crippen LogP contribution is -2.48. The van der Waals surface area contributed by atoms with E-state index in [-0.39, 0.29) is 16.9 Å². The van der Waals surface area contributed by atoms with E-state index in [1.54, 1.807) is 30.5 Å². The van der Waals surface area contributed by atoms with Crippen LogP contribution in [0, 0.1) is 0 Å². The molecule has 1 atom stereocenters. The number of carbonyl (C=O) groups excluding carboxylic acids is 4. The predicted molar refractivity (Wildman–Crippen MR) is 103 cm³/mol. The Morgan fingerprint density at radius 2 is 1.78 bits per heavy atom. The van der Waals surface area contributed by atoms with Crippen molar-refractivity contribution in [2.75, 3.05) is 25.2 Å². The maximum absolute atomic E-state index is 12.6. The van der Waals surface area contributed by atoms with Crippen LogP contribution in [0.3, 0.4) is 0 Å². The van der Waals surface area contributed by atoms with Crippen molar-refractivity contribution < 1.29 is 23.9 Å². The van der Waals surface area contributed by atoms with Gasteiger partial charge in [0.15, 0.2) is 6.61 Å². The molecule has 1 aromatic rings. The van der Waals surface area contributed by atoms with Crippen molar-refractivity contribution >= 4 is 35.5 Å². The smallest absolute Gasteiger partial charge is 0.330 e. The minimum atomic E-state index is -1.07. The number of hydrogen-bond donors (Lipinski definition) is 1. The summed E-state index contributed by atoms with van der Waals surface area (Å²) in [6, 6.07) is 5.37. The van der Waals surface area contributed by atoms with Gasteiger partial charge >= 0.3 is 5.97 Å². The normalized spacial score (nSPS) is 14.1.